The lowest BCUT2D eigenvalue weighted by molar-refractivity contribution is -0.363. The highest BCUT2D eigenvalue weighted by Crippen LogP contribution is 2.46. The van der Waals surface area contributed by atoms with Crippen LogP contribution in [0.15, 0.2) is 58.7 Å². The molecule has 0 amide bonds. The van der Waals surface area contributed by atoms with E-state index in [2.05, 4.69) is 26.8 Å². The minimum absolute atomic E-state index is 0.0827. The number of hydrogen-bond donors (Lipinski definition) is 3. The molecule has 43 heavy (non-hydrogen) atoms. The van der Waals surface area contributed by atoms with E-state index < -0.39 is 47.7 Å². The van der Waals surface area contributed by atoms with Crippen molar-refractivity contribution in [3.63, 3.8) is 0 Å². The molecule has 4 rings (SSSR count). The maximum Gasteiger partial charge on any atom is 0.316 e. The highest BCUT2D eigenvalue weighted by atomic mass is 16.7. The standard InChI is InChI=1S/C35H52O8/c1-9-22(4)30-24(6)17-29(36)34(43-30)19-27-18-26(42-34)14-13-21(3)15-20(2)11-10-12-25(7)35(39)28(33(38)41-27)16-23(5)31(40-8)32(35)37/h9-13,16,20,24,26-32,36-37,39H,14-15,17-19H2,1-8H3/b11-10+,21-13+,22-9+,25-12+/t20-,24-,26+,27-,28-,29?,30+,31+,32?,34-,35+/m0/s1. The zero-order valence-electron chi connectivity index (χ0n) is 27.1. The van der Waals surface area contributed by atoms with Crippen LogP contribution in [0.1, 0.15) is 80.6 Å². The van der Waals surface area contributed by atoms with Crippen LogP contribution in [0, 0.1) is 17.8 Å². The molecule has 8 nitrogen and oxygen atoms in total. The van der Waals surface area contributed by atoms with Gasteiger partial charge in [-0.25, -0.2) is 0 Å². The SMILES string of the molecule is C/C=C(\C)[C@H]1O[C@@]2(C[C@@H]3C[C@@H](C/C=C(\C)C[C@@H](C)/C=C/C=C(\C)[C@]4(O)C(O)[C@H](OC)C(C)=C[C@H]4C(=O)O3)O2)C(O)C[C@@H]1C. The molecule has 1 aliphatic carbocycles. The van der Waals surface area contributed by atoms with Gasteiger partial charge in [-0.3, -0.25) is 4.79 Å². The van der Waals surface area contributed by atoms with Gasteiger partial charge in [-0.2, -0.15) is 0 Å². The largest absolute Gasteiger partial charge is 0.462 e. The van der Waals surface area contributed by atoms with Gasteiger partial charge in [-0.05, 0) is 82.4 Å². The van der Waals surface area contributed by atoms with Gasteiger partial charge in [-0.1, -0.05) is 55.9 Å². The molecule has 240 valence electrons. The molecule has 2 fully saturated rings. The fourth-order valence-electron chi connectivity index (χ4n) is 7.31. The van der Waals surface area contributed by atoms with E-state index in [1.165, 1.54) is 12.7 Å². The van der Waals surface area contributed by atoms with Gasteiger partial charge >= 0.3 is 5.97 Å². The quantitative estimate of drug-likeness (QED) is 0.297. The van der Waals surface area contributed by atoms with Crippen LogP contribution in [-0.4, -0.2) is 76.4 Å². The molecule has 2 saturated heterocycles. The lowest BCUT2D eigenvalue weighted by Crippen LogP contribution is -2.62. The first-order valence-electron chi connectivity index (χ1n) is 15.7. The fraction of sp³-hybridized carbons (Fsp3) is 0.686. The van der Waals surface area contributed by atoms with Gasteiger partial charge in [0.15, 0.2) is 5.79 Å². The summed E-state index contributed by atoms with van der Waals surface area (Å²) in [5.41, 5.74) is 1.38. The third kappa shape index (κ3) is 6.80. The van der Waals surface area contributed by atoms with Gasteiger partial charge in [0.2, 0.25) is 0 Å². The van der Waals surface area contributed by atoms with Crippen molar-refractivity contribution < 1.29 is 39.1 Å². The fourth-order valence-corrected chi connectivity index (χ4v) is 7.31. The summed E-state index contributed by atoms with van der Waals surface area (Å²) in [4.78, 5) is 14.0. The van der Waals surface area contributed by atoms with Crippen LogP contribution in [0.2, 0.25) is 0 Å². The van der Waals surface area contributed by atoms with E-state index >= 15 is 0 Å². The Morgan fingerprint density at radius 2 is 1.84 bits per heavy atom. The molecule has 0 aromatic rings. The average Bonchev–Trinajstić information content (AvgIpc) is 2.95. The van der Waals surface area contributed by atoms with Crippen molar-refractivity contribution in [1.82, 2.24) is 0 Å². The van der Waals surface area contributed by atoms with E-state index in [9.17, 15) is 20.1 Å². The van der Waals surface area contributed by atoms with E-state index in [1.54, 1.807) is 26.0 Å². The highest BCUT2D eigenvalue weighted by Gasteiger charge is 2.57. The first-order chi connectivity index (χ1) is 20.2. The van der Waals surface area contributed by atoms with Crippen molar-refractivity contribution >= 4 is 5.97 Å². The highest BCUT2D eigenvalue weighted by molar-refractivity contribution is 5.78. The Balaban J connectivity index is 1.78. The van der Waals surface area contributed by atoms with Crippen LogP contribution >= 0.6 is 0 Å². The third-order valence-electron chi connectivity index (χ3n) is 9.93. The van der Waals surface area contributed by atoms with Gasteiger partial charge in [0.1, 0.15) is 35.9 Å². The van der Waals surface area contributed by atoms with Gasteiger partial charge in [-0.15, -0.1) is 0 Å². The molecule has 0 radical (unpaired) electrons. The number of methoxy groups -OCH3 is 1. The molecular formula is C35H52O8. The van der Waals surface area contributed by atoms with Crippen molar-refractivity contribution in [2.24, 2.45) is 17.8 Å². The number of ether oxygens (including phenoxy) is 4. The van der Waals surface area contributed by atoms with E-state index in [4.69, 9.17) is 18.9 Å². The first kappa shape index (κ1) is 33.8. The maximum absolute atomic E-state index is 14.0. The van der Waals surface area contributed by atoms with Crippen LogP contribution in [0.3, 0.4) is 0 Å². The molecule has 2 bridgehead atoms. The van der Waals surface area contributed by atoms with Crippen molar-refractivity contribution in [1.29, 1.82) is 0 Å². The summed E-state index contributed by atoms with van der Waals surface area (Å²) in [5.74, 6) is -2.86. The number of carbonyl (C=O) groups excluding carboxylic acids is 1. The van der Waals surface area contributed by atoms with Crippen LogP contribution < -0.4 is 0 Å². The second-order valence-corrected chi connectivity index (χ2v) is 13.4. The molecular weight excluding hydrogens is 548 g/mol. The number of allylic oxidation sites excluding steroid dienone is 5. The topological polar surface area (TPSA) is 115 Å². The second-order valence-electron chi connectivity index (χ2n) is 13.4. The minimum Gasteiger partial charge on any atom is -0.462 e. The van der Waals surface area contributed by atoms with Crippen LogP contribution in [0.4, 0.5) is 0 Å². The molecule has 3 aliphatic heterocycles. The molecule has 8 heteroatoms. The Labute approximate surface area is 257 Å². The lowest BCUT2D eigenvalue weighted by Gasteiger charge is -2.52. The summed E-state index contributed by atoms with van der Waals surface area (Å²) in [6.07, 6.45) is 9.65. The van der Waals surface area contributed by atoms with Gasteiger partial charge < -0.3 is 34.3 Å². The minimum atomic E-state index is -1.95. The Hall–Kier alpha value is -2.07. The van der Waals surface area contributed by atoms with Gasteiger partial charge in [0.05, 0.1) is 12.2 Å². The average molecular weight is 601 g/mol. The molecule has 0 aromatic carbocycles. The Kier molecular flexibility index (Phi) is 10.6. The summed E-state index contributed by atoms with van der Waals surface area (Å²) in [6.45, 7) is 13.7. The van der Waals surface area contributed by atoms with Crippen molar-refractivity contribution in [3.05, 3.63) is 58.7 Å². The Bertz CT molecular complexity index is 1180. The van der Waals surface area contributed by atoms with E-state index in [1.807, 2.05) is 32.1 Å². The molecule has 0 saturated carbocycles. The Morgan fingerprint density at radius 3 is 2.51 bits per heavy atom. The summed E-state index contributed by atoms with van der Waals surface area (Å²) in [6, 6.07) is 0. The number of fused-ring (bicyclic) bond motifs is 3. The van der Waals surface area contributed by atoms with Crippen LogP contribution in [0.25, 0.3) is 0 Å². The van der Waals surface area contributed by atoms with E-state index in [0.717, 1.165) is 12.0 Å². The summed E-state index contributed by atoms with van der Waals surface area (Å²) < 4.78 is 25.0. The molecule has 4 aliphatic rings. The van der Waals surface area contributed by atoms with E-state index in [-0.39, 0.29) is 30.5 Å². The summed E-state index contributed by atoms with van der Waals surface area (Å²) in [5, 5.41) is 35.0. The monoisotopic (exact) mass is 600 g/mol. The summed E-state index contributed by atoms with van der Waals surface area (Å²) >= 11 is 0. The smallest absolute Gasteiger partial charge is 0.316 e. The van der Waals surface area contributed by atoms with Crippen molar-refractivity contribution in [3.8, 4) is 0 Å². The zero-order valence-corrected chi connectivity index (χ0v) is 27.1. The molecule has 2 unspecified atom stereocenters. The third-order valence-corrected chi connectivity index (χ3v) is 9.93. The molecule has 0 aromatic heterocycles. The zero-order chi connectivity index (χ0) is 31.7. The summed E-state index contributed by atoms with van der Waals surface area (Å²) in [7, 11) is 1.47. The Morgan fingerprint density at radius 1 is 1.12 bits per heavy atom. The van der Waals surface area contributed by atoms with Crippen molar-refractivity contribution in [2.75, 3.05) is 7.11 Å². The molecule has 3 heterocycles. The van der Waals surface area contributed by atoms with Crippen LogP contribution in [-0.2, 0) is 23.7 Å². The second kappa shape index (κ2) is 13.5. The maximum atomic E-state index is 14.0. The van der Waals surface area contributed by atoms with Gasteiger partial charge in [0, 0.05) is 20.0 Å². The number of hydrogen-bond acceptors (Lipinski definition) is 8. The van der Waals surface area contributed by atoms with Crippen LogP contribution in [0.5, 0.6) is 0 Å². The number of aliphatic hydroxyl groups excluding tert-OH is 2. The van der Waals surface area contributed by atoms with E-state index in [0.29, 0.717) is 30.4 Å². The molecule has 11 atom stereocenters. The number of aliphatic hydroxyl groups is 3. The van der Waals surface area contributed by atoms with Gasteiger partial charge in [0.25, 0.3) is 0 Å². The number of rotatable bonds is 2. The normalized spacial score (nSPS) is 46.5. The lowest BCUT2D eigenvalue weighted by atomic mass is 9.69. The first-order valence-corrected chi connectivity index (χ1v) is 15.7. The van der Waals surface area contributed by atoms with Crippen molar-refractivity contribution in [2.45, 2.75) is 129 Å². The number of esters is 1. The number of carbonyl (C=O) groups is 1. The predicted octanol–water partition coefficient (Wildman–Crippen LogP) is 5.09. The molecule has 3 N–H and O–H groups in total. The molecule has 1 spiro atoms. The predicted molar refractivity (Wildman–Crippen MR) is 165 cm³/mol.